The van der Waals surface area contributed by atoms with Gasteiger partial charge in [-0.25, -0.2) is 4.79 Å². The average molecular weight is 315 g/mol. The minimum Gasteiger partial charge on any atom is -0.445 e. The highest BCUT2D eigenvalue weighted by atomic mass is 16.6. The Hall–Kier alpha value is -2.37. The van der Waals surface area contributed by atoms with Crippen LogP contribution in [0.3, 0.4) is 0 Å². The van der Waals surface area contributed by atoms with Crippen molar-refractivity contribution in [2.24, 2.45) is 0 Å². The molecule has 1 aliphatic heterocycles. The zero-order valence-corrected chi connectivity index (χ0v) is 13.3. The van der Waals surface area contributed by atoms with Crippen LogP contribution in [0.5, 0.6) is 0 Å². The first-order valence-corrected chi connectivity index (χ1v) is 8.04. The standard InChI is InChI=1S/C17H21N3O3/c1-2-15-18-19-16(23-15)14-8-10-20(11-9-14)17(21)22-12-13-6-4-3-5-7-13/h3-7,14H,2,8-12H2,1H3. The largest absolute Gasteiger partial charge is 0.445 e. The summed E-state index contributed by atoms with van der Waals surface area (Å²) in [6.45, 7) is 3.61. The van der Waals surface area contributed by atoms with Crippen LogP contribution in [0, 0.1) is 0 Å². The topological polar surface area (TPSA) is 68.5 Å². The molecule has 0 unspecified atom stereocenters. The first-order valence-electron chi connectivity index (χ1n) is 8.04. The fourth-order valence-corrected chi connectivity index (χ4v) is 2.69. The average Bonchev–Trinajstić information content (AvgIpc) is 3.10. The molecule has 1 fully saturated rings. The molecule has 23 heavy (non-hydrogen) atoms. The third kappa shape index (κ3) is 3.88. The molecule has 0 atom stereocenters. The second-order valence-electron chi connectivity index (χ2n) is 5.69. The number of hydrogen-bond donors (Lipinski definition) is 0. The molecule has 6 heteroatoms. The van der Waals surface area contributed by atoms with Gasteiger partial charge in [0.05, 0.1) is 0 Å². The Morgan fingerprint density at radius 3 is 2.65 bits per heavy atom. The molecule has 0 radical (unpaired) electrons. The lowest BCUT2D eigenvalue weighted by Gasteiger charge is -2.29. The molecule has 2 heterocycles. The van der Waals surface area contributed by atoms with Gasteiger partial charge in [0.25, 0.3) is 0 Å². The van der Waals surface area contributed by atoms with Crippen molar-refractivity contribution >= 4 is 6.09 Å². The Bertz CT molecular complexity index is 634. The predicted octanol–water partition coefficient (Wildman–Crippen LogP) is 3.15. The molecule has 6 nitrogen and oxygen atoms in total. The molecule has 122 valence electrons. The number of ether oxygens (including phenoxy) is 1. The monoisotopic (exact) mass is 315 g/mol. The number of aromatic nitrogens is 2. The van der Waals surface area contributed by atoms with E-state index in [0.717, 1.165) is 24.8 Å². The maximum absolute atomic E-state index is 12.1. The van der Waals surface area contributed by atoms with Crippen molar-refractivity contribution in [1.82, 2.24) is 15.1 Å². The third-order valence-corrected chi connectivity index (χ3v) is 4.09. The summed E-state index contributed by atoms with van der Waals surface area (Å²) < 4.78 is 11.0. The van der Waals surface area contributed by atoms with Crippen LogP contribution in [0.1, 0.15) is 43.0 Å². The van der Waals surface area contributed by atoms with E-state index in [2.05, 4.69) is 10.2 Å². The van der Waals surface area contributed by atoms with Gasteiger partial charge in [-0.2, -0.15) is 0 Å². The van der Waals surface area contributed by atoms with Gasteiger partial charge in [-0.15, -0.1) is 10.2 Å². The zero-order chi connectivity index (χ0) is 16.1. The zero-order valence-electron chi connectivity index (χ0n) is 13.3. The van der Waals surface area contributed by atoms with Crippen LogP contribution in [0.2, 0.25) is 0 Å². The van der Waals surface area contributed by atoms with Crippen molar-refractivity contribution in [3.05, 3.63) is 47.7 Å². The molecule has 3 rings (SSSR count). The lowest BCUT2D eigenvalue weighted by Crippen LogP contribution is -2.38. The van der Waals surface area contributed by atoms with Crippen molar-refractivity contribution in [2.45, 2.75) is 38.7 Å². The van der Waals surface area contributed by atoms with E-state index in [9.17, 15) is 4.79 Å². The number of rotatable bonds is 4. The summed E-state index contributed by atoms with van der Waals surface area (Å²) in [4.78, 5) is 13.9. The predicted molar refractivity (Wildman–Crippen MR) is 83.9 cm³/mol. The number of piperidine rings is 1. The Morgan fingerprint density at radius 2 is 2.00 bits per heavy atom. The minimum atomic E-state index is -0.257. The van der Waals surface area contributed by atoms with Crippen molar-refractivity contribution in [2.75, 3.05) is 13.1 Å². The van der Waals surface area contributed by atoms with Gasteiger partial charge in [-0.05, 0) is 18.4 Å². The molecule has 1 aliphatic rings. The third-order valence-electron chi connectivity index (χ3n) is 4.09. The van der Waals surface area contributed by atoms with Crippen LogP contribution in [-0.4, -0.2) is 34.3 Å². The van der Waals surface area contributed by atoms with Crippen LogP contribution >= 0.6 is 0 Å². The summed E-state index contributed by atoms with van der Waals surface area (Å²) in [5.41, 5.74) is 0.994. The summed E-state index contributed by atoms with van der Waals surface area (Å²) in [6, 6.07) is 9.70. The molecule has 1 aromatic heterocycles. The molecule has 1 aromatic carbocycles. The minimum absolute atomic E-state index is 0.237. The Kier molecular flexibility index (Phi) is 4.90. The smallest absolute Gasteiger partial charge is 0.410 e. The van der Waals surface area contributed by atoms with Gasteiger partial charge in [-0.3, -0.25) is 0 Å². The summed E-state index contributed by atoms with van der Waals surface area (Å²) in [7, 11) is 0. The quantitative estimate of drug-likeness (QED) is 0.867. The number of hydrogen-bond acceptors (Lipinski definition) is 5. The Labute approximate surface area is 135 Å². The van der Waals surface area contributed by atoms with Crippen LogP contribution in [0.15, 0.2) is 34.7 Å². The number of carbonyl (C=O) groups excluding carboxylic acids is 1. The number of nitrogens with zero attached hydrogens (tertiary/aromatic N) is 3. The van der Waals surface area contributed by atoms with Crippen molar-refractivity contribution in [3.63, 3.8) is 0 Å². The molecule has 0 N–H and O–H groups in total. The second kappa shape index (κ2) is 7.26. The molecule has 0 bridgehead atoms. The Morgan fingerprint density at radius 1 is 1.26 bits per heavy atom. The van der Waals surface area contributed by atoms with Crippen LogP contribution in [0.4, 0.5) is 4.79 Å². The van der Waals surface area contributed by atoms with E-state index in [1.165, 1.54) is 0 Å². The number of likely N-dealkylation sites (tertiary alicyclic amines) is 1. The normalized spacial score (nSPS) is 15.6. The number of benzene rings is 1. The van der Waals surface area contributed by atoms with Gasteiger partial charge in [0, 0.05) is 25.4 Å². The van der Waals surface area contributed by atoms with E-state index in [0.29, 0.717) is 31.5 Å². The molecular formula is C17H21N3O3. The summed E-state index contributed by atoms with van der Waals surface area (Å²) >= 11 is 0. The van der Waals surface area contributed by atoms with E-state index in [1.807, 2.05) is 37.3 Å². The maximum atomic E-state index is 12.1. The van der Waals surface area contributed by atoms with Crippen LogP contribution in [-0.2, 0) is 17.8 Å². The van der Waals surface area contributed by atoms with E-state index in [-0.39, 0.29) is 12.0 Å². The first kappa shape index (κ1) is 15.5. The van der Waals surface area contributed by atoms with Crippen LogP contribution in [0.25, 0.3) is 0 Å². The molecular weight excluding hydrogens is 294 g/mol. The number of carbonyl (C=O) groups is 1. The fourth-order valence-electron chi connectivity index (χ4n) is 2.69. The number of amides is 1. The van der Waals surface area contributed by atoms with E-state index >= 15 is 0 Å². The molecule has 1 saturated heterocycles. The van der Waals surface area contributed by atoms with Gasteiger partial charge < -0.3 is 14.1 Å². The fraction of sp³-hybridized carbons (Fsp3) is 0.471. The molecule has 0 spiro atoms. The van der Waals surface area contributed by atoms with E-state index < -0.39 is 0 Å². The molecule has 0 saturated carbocycles. The highest BCUT2D eigenvalue weighted by Crippen LogP contribution is 2.27. The van der Waals surface area contributed by atoms with Crippen molar-refractivity contribution in [1.29, 1.82) is 0 Å². The van der Waals surface area contributed by atoms with E-state index in [4.69, 9.17) is 9.15 Å². The summed E-state index contributed by atoms with van der Waals surface area (Å²) in [6.07, 6.45) is 2.14. The van der Waals surface area contributed by atoms with Crippen molar-refractivity contribution in [3.8, 4) is 0 Å². The summed E-state index contributed by atoms with van der Waals surface area (Å²) in [5.74, 6) is 1.60. The molecule has 1 amide bonds. The number of aryl methyl sites for hydroxylation is 1. The van der Waals surface area contributed by atoms with Gasteiger partial charge >= 0.3 is 6.09 Å². The lowest BCUT2D eigenvalue weighted by atomic mass is 9.97. The maximum Gasteiger partial charge on any atom is 0.410 e. The first-order chi connectivity index (χ1) is 11.3. The van der Waals surface area contributed by atoms with Gasteiger partial charge in [-0.1, -0.05) is 37.3 Å². The second-order valence-corrected chi connectivity index (χ2v) is 5.69. The summed E-state index contributed by atoms with van der Waals surface area (Å²) in [5, 5.41) is 8.11. The lowest BCUT2D eigenvalue weighted by molar-refractivity contribution is 0.0855. The van der Waals surface area contributed by atoms with Gasteiger partial charge in [0.1, 0.15) is 6.61 Å². The van der Waals surface area contributed by atoms with Crippen molar-refractivity contribution < 1.29 is 13.9 Å². The molecule has 2 aromatic rings. The van der Waals surface area contributed by atoms with Gasteiger partial charge in [0.2, 0.25) is 11.8 Å². The van der Waals surface area contributed by atoms with Gasteiger partial charge in [0.15, 0.2) is 0 Å². The van der Waals surface area contributed by atoms with E-state index in [1.54, 1.807) is 4.90 Å². The Balaban J connectivity index is 1.47. The SMILES string of the molecule is CCc1nnc(C2CCN(C(=O)OCc3ccccc3)CC2)o1. The highest BCUT2D eigenvalue weighted by molar-refractivity contribution is 5.67. The molecule has 0 aliphatic carbocycles. The highest BCUT2D eigenvalue weighted by Gasteiger charge is 2.27. The van der Waals surface area contributed by atoms with Crippen LogP contribution < -0.4 is 0 Å².